The summed E-state index contributed by atoms with van der Waals surface area (Å²) in [7, 11) is 1.52. The highest BCUT2D eigenvalue weighted by Gasteiger charge is 2.42. The summed E-state index contributed by atoms with van der Waals surface area (Å²) in [5, 5.41) is 36.0. The number of aliphatic hydroxyl groups is 2. The van der Waals surface area contributed by atoms with Crippen LogP contribution in [0.2, 0.25) is 0 Å². The number of thiazole rings is 1. The predicted octanol–water partition coefficient (Wildman–Crippen LogP) is 4.55. The molecule has 5 atom stereocenters. The molecule has 5 rings (SSSR count). The van der Waals surface area contributed by atoms with Crippen molar-refractivity contribution in [2.75, 3.05) is 33.4 Å². The Kier molecular flexibility index (Phi) is 16.2. The zero-order chi connectivity index (χ0) is 40.1. The molecule has 2 aromatic carbocycles. The van der Waals surface area contributed by atoms with Crippen molar-refractivity contribution < 1.29 is 34.1 Å². The molecule has 1 saturated heterocycles. The van der Waals surface area contributed by atoms with E-state index in [4.69, 9.17) is 4.74 Å². The van der Waals surface area contributed by atoms with Crippen LogP contribution in [0, 0.1) is 17.8 Å². The monoisotopic (exact) mass is 791 g/mol. The van der Waals surface area contributed by atoms with E-state index in [1.807, 2.05) is 61.7 Å². The summed E-state index contributed by atoms with van der Waals surface area (Å²) in [6.07, 6.45) is 5.53. The summed E-state index contributed by atoms with van der Waals surface area (Å²) in [4.78, 5) is 61.9. The number of nitrogens with one attached hydrogen (secondary N) is 3. The molecular formula is C43H61N5O7S. The number of carbonyl (C=O) groups excluding carboxylic acids is 4. The first kappa shape index (κ1) is 43.2. The van der Waals surface area contributed by atoms with Crippen LogP contribution >= 0.6 is 11.3 Å². The van der Waals surface area contributed by atoms with E-state index in [0.29, 0.717) is 51.3 Å². The fraction of sp³-hybridized carbons (Fsp3) is 0.605. The number of fused-ring (bicyclic) bond motifs is 1. The average Bonchev–Trinajstić information content (AvgIpc) is 3.75. The molecule has 0 spiro atoms. The van der Waals surface area contributed by atoms with Crippen molar-refractivity contribution in [3.8, 4) is 0 Å². The summed E-state index contributed by atoms with van der Waals surface area (Å²) in [5.41, 5.74) is 1.90. The molecule has 2 aliphatic rings. The molecule has 1 aromatic heterocycles. The van der Waals surface area contributed by atoms with Crippen molar-refractivity contribution in [3.05, 3.63) is 64.6 Å². The molecule has 1 aliphatic carbocycles. The molecule has 2 fully saturated rings. The number of amides is 4. The molecule has 13 heteroatoms. The third kappa shape index (κ3) is 11.6. The number of ether oxygens (including phenoxy) is 1. The fourth-order valence-electron chi connectivity index (χ4n) is 8.46. The Balaban J connectivity index is 1.42. The van der Waals surface area contributed by atoms with Crippen molar-refractivity contribution >= 4 is 45.7 Å². The van der Waals surface area contributed by atoms with E-state index in [1.54, 1.807) is 10.4 Å². The number of nitrogens with zero attached hydrogens (tertiary/aromatic N) is 2. The largest absolute Gasteiger partial charge is 0.391 e. The Labute approximate surface area is 335 Å². The molecule has 4 amide bonds. The molecule has 0 unspecified atom stereocenters. The van der Waals surface area contributed by atoms with E-state index >= 15 is 0 Å². The van der Waals surface area contributed by atoms with Gasteiger partial charge >= 0.3 is 0 Å². The van der Waals surface area contributed by atoms with Crippen molar-refractivity contribution in [2.45, 2.75) is 115 Å². The van der Waals surface area contributed by atoms with Crippen LogP contribution in [-0.4, -0.2) is 101 Å². The van der Waals surface area contributed by atoms with Crippen LogP contribution in [0.3, 0.4) is 0 Å². The maximum atomic E-state index is 14.5. The first-order chi connectivity index (χ1) is 27.0. The van der Waals surface area contributed by atoms with Crippen molar-refractivity contribution in [2.24, 2.45) is 17.8 Å². The van der Waals surface area contributed by atoms with E-state index in [9.17, 15) is 29.4 Å². The standard InChI is InChI=1S/C43H61N5O7S/c1-4-43(54,5-2)35(41(52)44-3)26-38(49)36(22-29-12-7-6-8-13-29)46-42(53)37(25-33-27-56-28-45-33)47-40(51)32(24-39(50)48-18-20-55-21-19-48)23-31-16-11-15-30-14-9-10-17-34(30)31/h9-11,14-17,27-29,32,35-38,49,54H,4-8,12-13,18-26H2,1-3H3,(H,44,52)(H,46,53)(H,47,51)/t32-,35-,36+,37+,38+/m1/s1. The average molecular weight is 792 g/mol. The number of carbonyl (C=O) groups is 4. The SMILES string of the molecule is CCC(O)(CC)[C@H](C[C@H](O)[C@H](CC1CCCCC1)NC(=O)[C@H](Cc1cscn1)NC(=O)[C@@H](CC(=O)N1CCOCC1)Cc1cccc2ccccc12)C(=O)NC. The number of hydrogen-bond acceptors (Lipinski definition) is 9. The van der Waals surface area contributed by atoms with Gasteiger partial charge in [0.25, 0.3) is 0 Å². The maximum Gasteiger partial charge on any atom is 0.243 e. The summed E-state index contributed by atoms with van der Waals surface area (Å²) in [6, 6.07) is 12.1. The molecule has 56 heavy (non-hydrogen) atoms. The Hall–Kier alpha value is -3.91. The lowest BCUT2D eigenvalue weighted by Gasteiger charge is -2.37. The maximum absolute atomic E-state index is 14.5. The Bertz CT molecular complexity index is 1720. The van der Waals surface area contributed by atoms with Gasteiger partial charge in [0, 0.05) is 38.4 Å². The highest BCUT2D eigenvalue weighted by atomic mass is 32.1. The fourth-order valence-corrected chi connectivity index (χ4v) is 9.03. The molecule has 5 N–H and O–H groups in total. The zero-order valence-corrected chi connectivity index (χ0v) is 34.0. The van der Waals surface area contributed by atoms with Gasteiger partial charge in [-0.25, -0.2) is 4.98 Å². The zero-order valence-electron chi connectivity index (χ0n) is 33.2. The molecule has 0 radical (unpaired) electrons. The second kappa shape index (κ2) is 21.0. The lowest BCUT2D eigenvalue weighted by molar-refractivity contribution is -0.140. The molecule has 2 heterocycles. The second-order valence-electron chi connectivity index (χ2n) is 15.6. The van der Waals surface area contributed by atoms with Gasteiger partial charge in [-0.15, -0.1) is 11.3 Å². The molecule has 1 saturated carbocycles. The van der Waals surface area contributed by atoms with Crippen LogP contribution in [0.15, 0.2) is 53.4 Å². The van der Waals surface area contributed by atoms with E-state index in [1.165, 1.54) is 18.4 Å². The van der Waals surface area contributed by atoms with Gasteiger partial charge in [0.1, 0.15) is 6.04 Å². The first-order valence-electron chi connectivity index (χ1n) is 20.5. The number of aromatic nitrogens is 1. The number of morpholine rings is 1. The molecule has 306 valence electrons. The van der Waals surface area contributed by atoms with Crippen molar-refractivity contribution in [1.82, 2.24) is 25.8 Å². The Morgan fingerprint density at radius 3 is 2.34 bits per heavy atom. The molecule has 12 nitrogen and oxygen atoms in total. The third-order valence-electron chi connectivity index (χ3n) is 12.0. The minimum Gasteiger partial charge on any atom is -0.391 e. The first-order valence-corrected chi connectivity index (χ1v) is 21.4. The number of aliphatic hydroxyl groups excluding tert-OH is 1. The van der Waals surface area contributed by atoms with Crippen LogP contribution in [0.4, 0.5) is 0 Å². The summed E-state index contributed by atoms with van der Waals surface area (Å²) in [6.45, 7) is 5.43. The second-order valence-corrected chi connectivity index (χ2v) is 16.3. The quantitative estimate of drug-likeness (QED) is 0.118. The van der Waals surface area contributed by atoms with Gasteiger partial charge in [0.2, 0.25) is 23.6 Å². The molecule has 0 bridgehead atoms. The highest BCUT2D eigenvalue weighted by molar-refractivity contribution is 7.07. The smallest absolute Gasteiger partial charge is 0.243 e. The van der Waals surface area contributed by atoms with Crippen LogP contribution < -0.4 is 16.0 Å². The van der Waals surface area contributed by atoms with Gasteiger partial charge in [-0.1, -0.05) is 88.4 Å². The van der Waals surface area contributed by atoms with Gasteiger partial charge in [-0.2, -0.15) is 0 Å². The summed E-state index contributed by atoms with van der Waals surface area (Å²) in [5.74, 6) is -2.82. The van der Waals surface area contributed by atoms with E-state index in [-0.39, 0.29) is 43.4 Å². The lowest BCUT2D eigenvalue weighted by Crippen LogP contribution is -2.56. The van der Waals surface area contributed by atoms with Crippen LogP contribution in [0.25, 0.3) is 10.8 Å². The summed E-state index contributed by atoms with van der Waals surface area (Å²) < 4.78 is 5.46. The van der Waals surface area contributed by atoms with Gasteiger partial charge < -0.3 is 35.8 Å². The van der Waals surface area contributed by atoms with Gasteiger partial charge in [0.15, 0.2) is 0 Å². The molecule has 3 aromatic rings. The van der Waals surface area contributed by atoms with Gasteiger partial charge in [-0.05, 0) is 54.4 Å². The minimum atomic E-state index is -1.33. The number of hydrogen-bond donors (Lipinski definition) is 5. The highest BCUT2D eigenvalue weighted by Crippen LogP contribution is 2.33. The van der Waals surface area contributed by atoms with Crippen LogP contribution in [0.1, 0.15) is 89.3 Å². The van der Waals surface area contributed by atoms with Crippen LogP contribution in [-0.2, 0) is 36.8 Å². The van der Waals surface area contributed by atoms with Crippen molar-refractivity contribution in [1.29, 1.82) is 0 Å². The van der Waals surface area contributed by atoms with E-state index in [0.717, 1.165) is 48.4 Å². The normalized spacial score (nSPS) is 18.1. The third-order valence-corrected chi connectivity index (χ3v) is 12.7. The Morgan fingerprint density at radius 2 is 1.66 bits per heavy atom. The van der Waals surface area contributed by atoms with Gasteiger partial charge in [0.05, 0.1) is 54.0 Å². The molecular weight excluding hydrogens is 731 g/mol. The van der Waals surface area contributed by atoms with Gasteiger partial charge in [-0.3, -0.25) is 19.2 Å². The predicted molar refractivity (Wildman–Crippen MR) is 218 cm³/mol. The summed E-state index contributed by atoms with van der Waals surface area (Å²) >= 11 is 1.39. The topological polar surface area (TPSA) is 170 Å². The van der Waals surface area contributed by atoms with E-state index < -0.39 is 47.4 Å². The van der Waals surface area contributed by atoms with E-state index in [2.05, 4.69) is 20.9 Å². The number of rotatable bonds is 19. The Morgan fingerprint density at radius 1 is 0.946 bits per heavy atom. The number of benzene rings is 2. The van der Waals surface area contributed by atoms with Crippen molar-refractivity contribution in [3.63, 3.8) is 0 Å². The van der Waals surface area contributed by atoms with Crippen LogP contribution in [0.5, 0.6) is 0 Å². The lowest BCUT2D eigenvalue weighted by atomic mass is 9.76. The minimum absolute atomic E-state index is 0.0399. The molecule has 1 aliphatic heterocycles.